The second kappa shape index (κ2) is 8.05. The largest absolute Gasteiger partial charge is 0.444 e. The van der Waals surface area contributed by atoms with Crippen LogP contribution in [-0.4, -0.2) is 55.5 Å². The van der Waals surface area contributed by atoms with E-state index in [4.69, 9.17) is 9.47 Å². The van der Waals surface area contributed by atoms with E-state index in [2.05, 4.69) is 12.2 Å². The summed E-state index contributed by atoms with van der Waals surface area (Å²) in [6.45, 7) is 10.8. The normalized spacial score (nSPS) is 24.0. The number of likely N-dealkylation sites (tertiary alicyclic amines) is 1. The molecule has 1 amide bonds. The molecule has 1 heterocycles. The lowest BCUT2D eigenvalue weighted by Crippen LogP contribution is -2.43. The highest BCUT2D eigenvalue weighted by molar-refractivity contribution is 5.68. The molecule has 24 heavy (non-hydrogen) atoms. The van der Waals surface area contributed by atoms with Gasteiger partial charge in [0.2, 0.25) is 0 Å². The molecule has 1 aliphatic heterocycles. The zero-order chi connectivity index (χ0) is 17.8. The van der Waals surface area contributed by atoms with E-state index in [1.54, 1.807) is 7.11 Å². The number of amides is 1. The summed E-state index contributed by atoms with van der Waals surface area (Å²) < 4.78 is 10.8. The van der Waals surface area contributed by atoms with Crippen molar-refractivity contribution in [1.82, 2.24) is 10.2 Å². The summed E-state index contributed by atoms with van der Waals surface area (Å²) in [6, 6.07) is 0.717. The van der Waals surface area contributed by atoms with Crippen molar-refractivity contribution in [3.63, 3.8) is 0 Å². The van der Waals surface area contributed by atoms with Crippen molar-refractivity contribution >= 4 is 6.09 Å². The van der Waals surface area contributed by atoms with Gasteiger partial charge in [-0.15, -0.1) is 0 Å². The first-order valence-electron chi connectivity index (χ1n) is 9.47. The minimum atomic E-state index is -0.423. The van der Waals surface area contributed by atoms with Gasteiger partial charge >= 0.3 is 6.09 Å². The predicted octanol–water partition coefficient (Wildman–Crippen LogP) is 3.57. The van der Waals surface area contributed by atoms with Crippen LogP contribution >= 0.6 is 0 Å². The first kappa shape index (κ1) is 19.5. The van der Waals surface area contributed by atoms with E-state index in [1.807, 2.05) is 25.7 Å². The van der Waals surface area contributed by atoms with Crippen molar-refractivity contribution in [2.45, 2.75) is 83.9 Å². The molecule has 2 atom stereocenters. The molecular weight excluding hydrogens is 304 g/mol. The fourth-order valence-electron chi connectivity index (χ4n) is 3.53. The fraction of sp³-hybridized carbons (Fsp3) is 0.947. The molecule has 1 saturated heterocycles. The van der Waals surface area contributed by atoms with Gasteiger partial charge in [-0.05, 0) is 71.6 Å². The van der Waals surface area contributed by atoms with Gasteiger partial charge in [0.1, 0.15) is 5.60 Å². The molecule has 0 bridgehead atoms. The molecule has 1 N–H and O–H groups in total. The van der Waals surface area contributed by atoms with Gasteiger partial charge < -0.3 is 19.7 Å². The fourth-order valence-corrected chi connectivity index (χ4v) is 3.53. The second-order valence-corrected chi connectivity index (χ2v) is 8.73. The molecule has 0 aromatic carbocycles. The number of carbonyl (C=O) groups is 1. The summed E-state index contributed by atoms with van der Waals surface area (Å²) in [5.41, 5.74) is 0.0403. The molecule has 2 aliphatic rings. The van der Waals surface area contributed by atoms with E-state index in [1.165, 1.54) is 12.8 Å². The molecular formula is C19H36N2O3. The van der Waals surface area contributed by atoms with Gasteiger partial charge in [0.25, 0.3) is 0 Å². The lowest BCUT2D eigenvalue weighted by Gasteiger charge is -2.30. The minimum Gasteiger partial charge on any atom is -0.444 e. The number of nitrogens with one attached hydrogen (secondary N) is 1. The summed E-state index contributed by atoms with van der Waals surface area (Å²) >= 11 is 0. The average molecular weight is 341 g/mol. The third kappa shape index (κ3) is 5.92. The summed E-state index contributed by atoms with van der Waals surface area (Å²) in [5, 5.41) is 3.69. The van der Waals surface area contributed by atoms with Gasteiger partial charge in [-0.2, -0.15) is 0 Å². The number of rotatable bonds is 8. The van der Waals surface area contributed by atoms with E-state index in [0.29, 0.717) is 17.5 Å². The minimum absolute atomic E-state index is 0.157. The molecule has 140 valence electrons. The number of nitrogens with zero attached hydrogens (tertiary/aromatic N) is 1. The lowest BCUT2D eigenvalue weighted by atomic mass is 10.0. The van der Waals surface area contributed by atoms with Crippen LogP contribution in [0.1, 0.15) is 66.2 Å². The topological polar surface area (TPSA) is 50.8 Å². The van der Waals surface area contributed by atoms with Crippen molar-refractivity contribution in [3.8, 4) is 0 Å². The molecule has 0 radical (unpaired) electrons. The Bertz CT molecular complexity index is 415. The van der Waals surface area contributed by atoms with Crippen LogP contribution in [0.3, 0.4) is 0 Å². The van der Waals surface area contributed by atoms with Crippen LogP contribution < -0.4 is 5.32 Å². The third-order valence-corrected chi connectivity index (χ3v) is 5.25. The zero-order valence-electron chi connectivity index (χ0n) is 16.2. The maximum absolute atomic E-state index is 12.4. The lowest BCUT2D eigenvalue weighted by molar-refractivity contribution is 0.0214. The van der Waals surface area contributed by atoms with E-state index >= 15 is 0 Å². The quantitative estimate of drug-likeness (QED) is 0.734. The SMILES string of the molecule is COCCC1(CNC(C)CC2CCCN2C(=O)OC(C)(C)C)CC1. The van der Waals surface area contributed by atoms with Crippen LogP contribution in [0.15, 0.2) is 0 Å². The maximum atomic E-state index is 12.4. The summed E-state index contributed by atoms with van der Waals surface area (Å²) in [5.74, 6) is 0. The Morgan fingerprint density at radius 2 is 2.08 bits per heavy atom. The highest BCUT2D eigenvalue weighted by Crippen LogP contribution is 2.48. The van der Waals surface area contributed by atoms with Gasteiger partial charge in [-0.3, -0.25) is 0 Å². The van der Waals surface area contributed by atoms with Crippen LogP contribution in [0.2, 0.25) is 0 Å². The van der Waals surface area contributed by atoms with Crippen molar-refractivity contribution in [1.29, 1.82) is 0 Å². The number of hydrogen-bond donors (Lipinski definition) is 1. The van der Waals surface area contributed by atoms with Crippen LogP contribution in [-0.2, 0) is 9.47 Å². The maximum Gasteiger partial charge on any atom is 0.410 e. The Labute approximate surface area is 147 Å². The van der Waals surface area contributed by atoms with Gasteiger partial charge in [0.15, 0.2) is 0 Å². The van der Waals surface area contributed by atoms with Crippen molar-refractivity contribution in [2.24, 2.45) is 5.41 Å². The molecule has 2 unspecified atom stereocenters. The molecule has 1 aliphatic carbocycles. The summed E-state index contributed by atoms with van der Waals surface area (Å²) in [6.07, 6.45) is 6.77. The van der Waals surface area contributed by atoms with Gasteiger partial charge in [-0.25, -0.2) is 4.79 Å². The molecule has 0 spiro atoms. The first-order valence-corrected chi connectivity index (χ1v) is 9.47. The van der Waals surface area contributed by atoms with E-state index in [-0.39, 0.29) is 6.09 Å². The van der Waals surface area contributed by atoms with Crippen molar-refractivity contribution in [3.05, 3.63) is 0 Å². The Kier molecular flexibility index (Phi) is 6.54. The molecule has 2 rings (SSSR count). The number of methoxy groups -OCH3 is 1. The predicted molar refractivity (Wildman–Crippen MR) is 96.2 cm³/mol. The highest BCUT2D eigenvalue weighted by Gasteiger charge is 2.42. The van der Waals surface area contributed by atoms with Crippen molar-refractivity contribution in [2.75, 3.05) is 26.8 Å². The second-order valence-electron chi connectivity index (χ2n) is 8.73. The Balaban J connectivity index is 1.76. The van der Waals surface area contributed by atoms with E-state index in [9.17, 15) is 4.79 Å². The van der Waals surface area contributed by atoms with Crippen LogP contribution in [0, 0.1) is 5.41 Å². The molecule has 0 aromatic rings. The monoisotopic (exact) mass is 340 g/mol. The Hall–Kier alpha value is -0.810. The zero-order valence-corrected chi connectivity index (χ0v) is 16.2. The van der Waals surface area contributed by atoms with E-state index < -0.39 is 5.60 Å². The Morgan fingerprint density at radius 1 is 1.38 bits per heavy atom. The number of carbonyl (C=O) groups excluding carboxylic acids is 1. The van der Waals surface area contributed by atoms with Gasteiger partial charge in [0.05, 0.1) is 0 Å². The average Bonchev–Trinajstić information content (AvgIpc) is 3.11. The standard InChI is InChI=1S/C19H36N2O3/c1-15(20-14-19(8-9-19)10-12-23-5)13-16-7-6-11-21(16)17(22)24-18(2,3)4/h15-16,20H,6-14H2,1-5H3. The van der Waals surface area contributed by atoms with Crippen molar-refractivity contribution < 1.29 is 14.3 Å². The molecule has 5 heteroatoms. The molecule has 2 fully saturated rings. The van der Waals surface area contributed by atoms with Crippen LogP contribution in [0.4, 0.5) is 4.79 Å². The Morgan fingerprint density at radius 3 is 2.67 bits per heavy atom. The number of ether oxygens (including phenoxy) is 2. The molecule has 5 nitrogen and oxygen atoms in total. The number of hydrogen-bond acceptors (Lipinski definition) is 4. The smallest absolute Gasteiger partial charge is 0.410 e. The van der Waals surface area contributed by atoms with Crippen LogP contribution in [0.25, 0.3) is 0 Å². The first-order chi connectivity index (χ1) is 11.2. The highest BCUT2D eigenvalue weighted by atomic mass is 16.6. The van der Waals surface area contributed by atoms with Gasteiger partial charge in [0, 0.05) is 38.9 Å². The van der Waals surface area contributed by atoms with Crippen LogP contribution in [0.5, 0.6) is 0 Å². The van der Waals surface area contributed by atoms with E-state index in [0.717, 1.165) is 45.4 Å². The molecule has 0 aromatic heterocycles. The summed E-state index contributed by atoms with van der Waals surface area (Å²) in [7, 11) is 1.78. The third-order valence-electron chi connectivity index (χ3n) is 5.25. The molecule has 1 saturated carbocycles. The summed E-state index contributed by atoms with van der Waals surface area (Å²) in [4.78, 5) is 14.3. The van der Waals surface area contributed by atoms with Gasteiger partial charge in [-0.1, -0.05) is 0 Å².